The summed E-state index contributed by atoms with van der Waals surface area (Å²) in [6, 6.07) is 0. The quantitative estimate of drug-likeness (QED) is 0.766. The molecule has 0 aromatic carbocycles. The second kappa shape index (κ2) is 5.74. The third kappa shape index (κ3) is 2.80. The van der Waals surface area contributed by atoms with Gasteiger partial charge in [0.2, 0.25) is 11.9 Å². The lowest BCUT2D eigenvalue weighted by molar-refractivity contribution is 0.839. The molecule has 0 saturated carbocycles. The Kier molecular flexibility index (Phi) is 3.64. The summed E-state index contributed by atoms with van der Waals surface area (Å²) in [4.78, 5) is 21.5. The van der Waals surface area contributed by atoms with Crippen molar-refractivity contribution < 1.29 is 0 Å². The Labute approximate surface area is 119 Å². The molecule has 0 fully saturated rings. The van der Waals surface area contributed by atoms with Crippen LogP contribution in [0.2, 0.25) is 0 Å². The van der Waals surface area contributed by atoms with Crippen molar-refractivity contribution in [3.63, 3.8) is 0 Å². The molecule has 3 rings (SSSR count). The van der Waals surface area contributed by atoms with Crippen molar-refractivity contribution in [1.29, 1.82) is 0 Å². The third-order valence-electron chi connectivity index (χ3n) is 2.53. The second-order valence-corrected chi connectivity index (χ2v) is 4.96. The smallest absolute Gasteiger partial charge is 0.239 e. The Balaban J connectivity index is 1.96. The minimum absolute atomic E-state index is 0.556. The first-order chi connectivity index (χ1) is 9.85. The zero-order valence-electron chi connectivity index (χ0n) is 10.9. The first kappa shape index (κ1) is 12.7. The molecule has 0 aliphatic rings. The molecule has 0 amide bonds. The Morgan fingerprint density at radius 2 is 2.20 bits per heavy atom. The molecular formula is C12H13N7S. The minimum atomic E-state index is 0.556. The van der Waals surface area contributed by atoms with E-state index in [1.165, 1.54) is 0 Å². The molecule has 3 heterocycles. The van der Waals surface area contributed by atoms with E-state index < -0.39 is 0 Å². The summed E-state index contributed by atoms with van der Waals surface area (Å²) in [7, 11) is 0. The first-order valence-electron chi connectivity index (χ1n) is 6.20. The van der Waals surface area contributed by atoms with Crippen LogP contribution in [0.1, 0.15) is 17.8 Å². The largest absolute Gasteiger partial charge is 0.354 e. The van der Waals surface area contributed by atoms with Crippen molar-refractivity contribution in [2.45, 2.75) is 13.3 Å². The van der Waals surface area contributed by atoms with Crippen LogP contribution in [-0.2, 0) is 6.42 Å². The predicted molar refractivity (Wildman–Crippen MR) is 76.0 cm³/mol. The lowest BCUT2D eigenvalue weighted by atomic mass is 10.4. The lowest BCUT2D eigenvalue weighted by Gasteiger charge is -2.07. The van der Waals surface area contributed by atoms with Crippen molar-refractivity contribution in [1.82, 2.24) is 29.5 Å². The molecule has 0 radical (unpaired) electrons. The summed E-state index contributed by atoms with van der Waals surface area (Å²) in [5, 5.41) is 6.04. The van der Waals surface area contributed by atoms with Gasteiger partial charge in [0.25, 0.3) is 0 Å². The van der Waals surface area contributed by atoms with Gasteiger partial charge in [0, 0.05) is 30.5 Å². The minimum Gasteiger partial charge on any atom is -0.354 e. The van der Waals surface area contributed by atoms with Gasteiger partial charge < -0.3 is 5.32 Å². The molecule has 20 heavy (non-hydrogen) atoms. The van der Waals surface area contributed by atoms with Crippen LogP contribution >= 0.6 is 11.3 Å². The lowest BCUT2D eigenvalue weighted by Crippen LogP contribution is -2.11. The third-order valence-corrected chi connectivity index (χ3v) is 3.31. The van der Waals surface area contributed by atoms with Crippen LogP contribution in [0, 0.1) is 0 Å². The van der Waals surface area contributed by atoms with Gasteiger partial charge in [-0.3, -0.25) is 4.57 Å². The highest BCUT2D eigenvalue weighted by molar-refractivity contribution is 7.09. The van der Waals surface area contributed by atoms with Gasteiger partial charge in [-0.15, -0.1) is 11.3 Å². The van der Waals surface area contributed by atoms with E-state index in [1.54, 1.807) is 40.8 Å². The average Bonchev–Trinajstić information content (AvgIpc) is 3.11. The van der Waals surface area contributed by atoms with E-state index in [0.717, 1.165) is 11.6 Å². The maximum Gasteiger partial charge on any atom is 0.239 e. The fourth-order valence-electron chi connectivity index (χ4n) is 1.69. The molecule has 0 saturated heterocycles. The molecule has 102 valence electrons. The van der Waals surface area contributed by atoms with Crippen LogP contribution in [-0.4, -0.2) is 36.0 Å². The van der Waals surface area contributed by atoms with Gasteiger partial charge in [-0.2, -0.15) is 15.0 Å². The Morgan fingerprint density at radius 3 is 2.90 bits per heavy atom. The van der Waals surface area contributed by atoms with Crippen LogP contribution in [0.15, 0.2) is 30.3 Å². The van der Waals surface area contributed by atoms with Crippen LogP contribution in [0.25, 0.3) is 5.95 Å². The van der Waals surface area contributed by atoms with Gasteiger partial charge in [0.05, 0.1) is 6.42 Å². The molecule has 0 aliphatic heterocycles. The van der Waals surface area contributed by atoms with Crippen LogP contribution in [0.3, 0.4) is 0 Å². The number of hydrogen-bond donors (Lipinski definition) is 1. The predicted octanol–water partition coefficient (Wildman–Crippen LogP) is 1.54. The number of hydrogen-bond acceptors (Lipinski definition) is 7. The average molecular weight is 287 g/mol. The SMILES string of the molecule is CCNc1nc(Cc2nccs2)nc(-n2ccnc2)n1. The monoisotopic (exact) mass is 287 g/mol. The number of nitrogens with zero attached hydrogens (tertiary/aromatic N) is 6. The van der Waals surface area contributed by atoms with E-state index in [-0.39, 0.29) is 0 Å². The summed E-state index contributed by atoms with van der Waals surface area (Å²) in [6.07, 6.45) is 7.54. The van der Waals surface area contributed by atoms with Crippen molar-refractivity contribution >= 4 is 17.3 Å². The van der Waals surface area contributed by atoms with Crippen molar-refractivity contribution in [2.75, 3.05) is 11.9 Å². The van der Waals surface area contributed by atoms with E-state index in [0.29, 0.717) is 24.1 Å². The fraction of sp³-hybridized carbons (Fsp3) is 0.250. The van der Waals surface area contributed by atoms with Gasteiger partial charge in [0.1, 0.15) is 17.2 Å². The molecule has 3 aromatic rings. The highest BCUT2D eigenvalue weighted by Crippen LogP contribution is 2.12. The fourth-order valence-corrected chi connectivity index (χ4v) is 2.30. The number of imidazole rings is 1. The normalized spacial score (nSPS) is 10.7. The van der Waals surface area contributed by atoms with Crippen molar-refractivity contribution in [3.8, 4) is 5.95 Å². The molecule has 0 unspecified atom stereocenters. The molecule has 0 atom stereocenters. The number of thiazole rings is 1. The molecule has 1 N–H and O–H groups in total. The van der Waals surface area contributed by atoms with Gasteiger partial charge in [-0.05, 0) is 6.92 Å². The van der Waals surface area contributed by atoms with Crippen molar-refractivity contribution in [2.24, 2.45) is 0 Å². The maximum absolute atomic E-state index is 4.46. The molecule has 8 heteroatoms. The molecular weight excluding hydrogens is 274 g/mol. The highest BCUT2D eigenvalue weighted by atomic mass is 32.1. The van der Waals surface area contributed by atoms with E-state index in [1.807, 2.05) is 12.3 Å². The Hall–Kier alpha value is -2.35. The number of anilines is 1. The summed E-state index contributed by atoms with van der Waals surface area (Å²) in [5.41, 5.74) is 0. The maximum atomic E-state index is 4.46. The van der Waals surface area contributed by atoms with E-state index in [9.17, 15) is 0 Å². The number of aromatic nitrogens is 6. The standard InChI is InChI=1S/C12H13N7S/c1-2-14-11-16-9(7-10-15-4-6-20-10)17-12(18-11)19-5-3-13-8-19/h3-6,8H,2,7H2,1H3,(H,14,16,17,18). The topological polar surface area (TPSA) is 81.4 Å². The van der Waals surface area contributed by atoms with Gasteiger partial charge in [-0.1, -0.05) is 0 Å². The van der Waals surface area contributed by atoms with E-state index in [2.05, 4.69) is 30.2 Å². The second-order valence-electron chi connectivity index (χ2n) is 3.98. The summed E-state index contributed by atoms with van der Waals surface area (Å²) in [6.45, 7) is 2.76. The number of nitrogens with one attached hydrogen (secondary N) is 1. The Morgan fingerprint density at radius 1 is 1.25 bits per heavy atom. The van der Waals surface area contributed by atoms with Crippen LogP contribution in [0.4, 0.5) is 5.95 Å². The molecule has 3 aromatic heterocycles. The van der Waals surface area contributed by atoms with Gasteiger partial charge in [0.15, 0.2) is 0 Å². The van der Waals surface area contributed by atoms with E-state index >= 15 is 0 Å². The first-order valence-corrected chi connectivity index (χ1v) is 7.08. The van der Waals surface area contributed by atoms with Gasteiger partial charge >= 0.3 is 0 Å². The van der Waals surface area contributed by atoms with Crippen LogP contribution < -0.4 is 5.32 Å². The van der Waals surface area contributed by atoms with Crippen molar-refractivity contribution in [3.05, 3.63) is 41.1 Å². The van der Waals surface area contributed by atoms with Gasteiger partial charge in [-0.25, -0.2) is 9.97 Å². The molecule has 0 bridgehead atoms. The molecule has 7 nitrogen and oxygen atoms in total. The number of rotatable bonds is 5. The highest BCUT2D eigenvalue weighted by Gasteiger charge is 2.09. The zero-order valence-corrected chi connectivity index (χ0v) is 11.7. The van der Waals surface area contributed by atoms with E-state index in [4.69, 9.17) is 0 Å². The summed E-state index contributed by atoms with van der Waals surface area (Å²) >= 11 is 1.59. The zero-order chi connectivity index (χ0) is 13.8. The summed E-state index contributed by atoms with van der Waals surface area (Å²) < 4.78 is 1.76. The molecule has 0 spiro atoms. The van der Waals surface area contributed by atoms with Crippen LogP contribution in [0.5, 0.6) is 0 Å². The summed E-state index contributed by atoms with van der Waals surface area (Å²) in [5.74, 6) is 1.81. The Bertz CT molecular complexity index is 663. The molecule has 0 aliphatic carbocycles.